The highest BCUT2D eigenvalue weighted by atomic mass is 35.5. The zero-order valence-electron chi connectivity index (χ0n) is 11.1. The lowest BCUT2D eigenvalue weighted by atomic mass is 10.1. The minimum atomic E-state index is -0.101. The molecule has 2 aromatic rings. The molecule has 1 aromatic heterocycles. The molecule has 0 aliphatic heterocycles. The molecular weight excluding hydrogens is 276 g/mol. The first-order valence-corrected chi connectivity index (χ1v) is 6.56. The lowest BCUT2D eigenvalue weighted by Crippen LogP contribution is -2.25. The Hall–Kier alpha value is -2.07. The zero-order valence-corrected chi connectivity index (χ0v) is 11.9. The van der Waals surface area contributed by atoms with Crippen molar-refractivity contribution in [1.29, 1.82) is 0 Å². The van der Waals surface area contributed by atoms with Crippen molar-refractivity contribution >= 4 is 17.5 Å². The number of hydrogen-bond donors (Lipinski definition) is 1. The molecular formula is C15H15ClN2O2. The number of pyridine rings is 1. The molecule has 0 aliphatic carbocycles. The van der Waals surface area contributed by atoms with Crippen LogP contribution in [-0.4, -0.2) is 18.0 Å². The summed E-state index contributed by atoms with van der Waals surface area (Å²) in [4.78, 5) is 16.1. The smallest absolute Gasteiger partial charge is 0.224 e. The number of methoxy groups -OCH3 is 1. The van der Waals surface area contributed by atoms with Crippen molar-refractivity contribution in [2.45, 2.75) is 13.0 Å². The molecule has 104 valence electrons. The maximum Gasteiger partial charge on any atom is 0.224 e. The Morgan fingerprint density at radius 2 is 2.20 bits per heavy atom. The topological polar surface area (TPSA) is 51.2 Å². The monoisotopic (exact) mass is 290 g/mol. The summed E-state index contributed by atoms with van der Waals surface area (Å²) in [7, 11) is 1.57. The number of halogens is 1. The highest BCUT2D eigenvalue weighted by molar-refractivity contribution is 6.30. The fourth-order valence-electron chi connectivity index (χ4n) is 1.81. The summed E-state index contributed by atoms with van der Waals surface area (Å²) < 4.78 is 5.21. The van der Waals surface area contributed by atoms with Crippen LogP contribution in [0.15, 0.2) is 42.6 Å². The van der Waals surface area contributed by atoms with Crippen LogP contribution >= 0.6 is 11.6 Å². The summed E-state index contributed by atoms with van der Waals surface area (Å²) in [5.74, 6) is 0.554. The quantitative estimate of drug-likeness (QED) is 0.921. The summed E-state index contributed by atoms with van der Waals surface area (Å²) in [6.07, 6.45) is 1.91. The molecule has 2 rings (SSSR count). The second kappa shape index (κ2) is 6.91. The van der Waals surface area contributed by atoms with Crippen LogP contribution < -0.4 is 10.1 Å². The molecule has 0 unspecified atom stereocenters. The van der Waals surface area contributed by atoms with Crippen molar-refractivity contribution in [3.05, 3.63) is 58.9 Å². The van der Waals surface area contributed by atoms with Gasteiger partial charge in [0.15, 0.2) is 0 Å². The molecule has 0 aliphatic rings. The lowest BCUT2D eigenvalue weighted by molar-refractivity contribution is -0.120. The van der Waals surface area contributed by atoms with Gasteiger partial charge >= 0.3 is 0 Å². The molecule has 5 heteroatoms. The first kappa shape index (κ1) is 14.3. The number of benzene rings is 1. The average molecular weight is 291 g/mol. The van der Waals surface area contributed by atoms with Gasteiger partial charge in [-0.2, -0.15) is 0 Å². The number of hydrogen-bond acceptors (Lipinski definition) is 3. The molecule has 1 heterocycles. The van der Waals surface area contributed by atoms with Crippen molar-refractivity contribution in [3.63, 3.8) is 0 Å². The molecule has 0 atom stereocenters. The Morgan fingerprint density at radius 3 is 2.90 bits per heavy atom. The van der Waals surface area contributed by atoms with Gasteiger partial charge in [0.25, 0.3) is 0 Å². The van der Waals surface area contributed by atoms with E-state index in [0.29, 0.717) is 17.3 Å². The van der Waals surface area contributed by atoms with Crippen LogP contribution in [0.3, 0.4) is 0 Å². The number of aromatic nitrogens is 1. The standard InChI is InChI=1S/C15H15ClN2O2/c1-20-14-6-5-12(16)8-11(14)9-15(19)18-10-13-4-2-3-7-17-13/h2-8H,9-10H2,1H3,(H,18,19). The summed E-state index contributed by atoms with van der Waals surface area (Å²) in [5, 5.41) is 3.40. The van der Waals surface area contributed by atoms with Crippen LogP contribution in [0.25, 0.3) is 0 Å². The van der Waals surface area contributed by atoms with Gasteiger partial charge in [-0.25, -0.2) is 0 Å². The van der Waals surface area contributed by atoms with E-state index in [2.05, 4.69) is 10.3 Å². The number of nitrogens with one attached hydrogen (secondary N) is 1. The molecule has 1 N–H and O–H groups in total. The summed E-state index contributed by atoms with van der Waals surface area (Å²) >= 11 is 5.93. The van der Waals surface area contributed by atoms with Crippen molar-refractivity contribution in [2.24, 2.45) is 0 Å². The predicted octanol–water partition coefficient (Wildman–Crippen LogP) is 2.60. The average Bonchev–Trinajstić information content (AvgIpc) is 2.46. The first-order valence-electron chi connectivity index (χ1n) is 6.18. The van der Waals surface area contributed by atoms with E-state index in [1.165, 1.54) is 0 Å². The molecule has 1 amide bonds. The molecule has 0 saturated carbocycles. The van der Waals surface area contributed by atoms with Gasteiger partial charge in [0.2, 0.25) is 5.91 Å². The molecule has 0 radical (unpaired) electrons. The van der Waals surface area contributed by atoms with Gasteiger partial charge in [-0.1, -0.05) is 17.7 Å². The second-order valence-corrected chi connectivity index (χ2v) is 4.67. The minimum Gasteiger partial charge on any atom is -0.496 e. The summed E-state index contributed by atoms with van der Waals surface area (Å²) in [5.41, 5.74) is 1.58. The molecule has 0 spiro atoms. The van der Waals surface area contributed by atoms with Crippen LogP contribution in [0.1, 0.15) is 11.3 Å². The van der Waals surface area contributed by atoms with Crippen molar-refractivity contribution in [2.75, 3.05) is 7.11 Å². The molecule has 4 nitrogen and oxygen atoms in total. The maximum atomic E-state index is 11.9. The van der Waals surface area contributed by atoms with E-state index >= 15 is 0 Å². The summed E-state index contributed by atoms with van der Waals surface area (Å²) in [6.45, 7) is 0.405. The second-order valence-electron chi connectivity index (χ2n) is 4.23. The van der Waals surface area contributed by atoms with E-state index in [1.807, 2.05) is 18.2 Å². The van der Waals surface area contributed by atoms with Gasteiger partial charge in [0.1, 0.15) is 5.75 Å². The number of carbonyl (C=O) groups excluding carboxylic acids is 1. The Kier molecular flexibility index (Phi) is 4.96. The van der Waals surface area contributed by atoms with Crippen LogP contribution in [0.5, 0.6) is 5.75 Å². The number of nitrogens with zero attached hydrogens (tertiary/aromatic N) is 1. The van der Waals surface area contributed by atoms with E-state index in [1.54, 1.807) is 31.5 Å². The number of carbonyl (C=O) groups is 1. The Bertz CT molecular complexity index is 588. The lowest BCUT2D eigenvalue weighted by Gasteiger charge is -2.09. The van der Waals surface area contributed by atoms with Crippen molar-refractivity contribution in [3.8, 4) is 5.75 Å². The van der Waals surface area contributed by atoms with Crippen LogP contribution in [-0.2, 0) is 17.8 Å². The largest absolute Gasteiger partial charge is 0.496 e. The van der Waals surface area contributed by atoms with E-state index in [4.69, 9.17) is 16.3 Å². The first-order chi connectivity index (χ1) is 9.69. The zero-order chi connectivity index (χ0) is 14.4. The van der Waals surface area contributed by atoms with E-state index in [0.717, 1.165) is 11.3 Å². The molecule has 0 bridgehead atoms. The SMILES string of the molecule is COc1ccc(Cl)cc1CC(=O)NCc1ccccn1. The molecule has 0 saturated heterocycles. The van der Waals surface area contributed by atoms with E-state index in [9.17, 15) is 4.79 Å². The van der Waals surface area contributed by atoms with E-state index in [-0.39, 0.29) is 12.3 Å². The van der Waals surface area contributed by atoms with Gasteiger partial charge in [-0.15, -0.1) is 0 Å². The number of rotatable bonds is 5. The highest BCUT2D eigenvalue weighted by Crippen LogP contribution is 2.22. The third-order valence-electron chi connectivity index (χ3n) is 2.79. The highest BCUT2D eigenvalue weighted by Gasteiger charge is 2.09. The van der Waals surface area contributed by atoms with Crippen molar-refractivity contribution in [1.82, 2.24) is 10.3 Å². The molecule has 0 fully saturated rings. The van der Waals surface area contributed by atoms with Crippen LogP contribution in [0, 0.1) is 0 Å². The third kappa shape index (κ3) is 3.96. The third-order valence-corrected chi connectivity index (χ3v) is 3.02. The van der Waals surface area contributed by atoms with Crippen LogP contribution in [0.2, 0.25) is 5.02 Å². The van der Waals surface area contributed by atoms with E-state index < -0.39 is 0 Å². The summed E-state index contributed by atoms with van der Waals surface area (Å²) in [6, 6.07) is 10.8. The van der Waals surface area contributed by atoms with Gasteiger partial charge < -0.3 is 10.1 Å². The number of amides is 1. The maximum absolute atomic E-state index is 11.9. The fourth-order valence-corrected chi connectivity index (χ4v) is 2.01. The van der Waals surface area contributed by atoms with Gasteiger partial charge in [0, 0.05) is 16.8 Å². The fraction of sp³-hybridized carbons (Fsp3) is 0.200. The van der Waals surface area contributed by atoms with Gasteiger partial charge in [-0.05, 0) is 30.3 Å². The van der Waals surface area contributed by atoms with Gasteiger partial charge in [-0.3, -0.25) is 9.78 Å². The minimum absolute atomic E-state index is 0.101. The number of ether oxygens (including phenoxy) is 1. The van der Waals surface area contributed by atoms with Crippen molar-refractivity contribution < 1.29 is 9.53 Å². The Morgan fingerprint density at radius 1 is 1.35 bits per heavy atom. The Labute approximate surface area is 122 Å². The normalized spacial score (nSPS) is 10.1. The molecule has 20 heavy (non-hydrogen) atoms. The Balaban J connectivity index is 1.96. The van der Waals surface area contributed by atoms with Gasteiger partial charge in [0.05, 0.1) is 25.8 Å². The molecule has 1 aromatic carbocycles. The van der Waals surface area contributed by atoms with Crippen LogP contribution in [0.4, 0.5) is 0 Å². The predicted molar refractivity (Wildman–Crippen MR) is 77.8 cm³/mol.